The van der Waals surface area contributed by atoms with Crippen LogP contribution in [-0.2, 0) is 9.84 Å². The fourth-order valence-corrected chi connectivity index (χ4v) is 3.31. The van der Waals surface area contributed by atoms with Gasteiger partial charge >= 0.3 is 6.03 Å². The highest BCUT2D eigenvalue weighted by atomic mass is 32.2. The third-order valence-corrected chi connectivity index (χ3v) is 4.95. The average molecular weight is 293 g/mol. The first kappa shape index (κ1) is 14.3. The van der Waals surface area contributed by atoms with Crippen LogP contribution in [0.25, 0.3) is 0 Å². The van der Waals surface area contributed by atoms with E-state index < -0.39 is 9.84 Å². The van der Waals surface area contributed by atoms with Gasteiger partial charge in [0.15, 0.2) is 9.84 Å². The molecule has 0 saturated carbocycles. The summed E-state index contributed by atoms with van der Waals surface area (Å²) in [5.74, 6) is -0.137. The summed E-state index contributed by atoms with van der Waals surface area (Å²) in [5.41, 5.74) is 0.308. The van der Waals surface area contributed by atoms with Crippen molar-refractivity contribution in [3.8, 4) is 6.07 Å². The monoisotopic (exact) mass is 293 g/mol. The first-order valence-electron chi connectivity index (χ1n) is 6.17. The molecule has 0 N–H and O–H groups in total. The molecule has 1 saturated heterocycles. The Hall–Kier alpha value is -2.07. The van der Waals surface area contributed by atoms with Gasteiger partial charge in [-0.2, -0.15) is 5.26 Å². The highest BCUT2D eigenvalue weighted by molar-refractivity contribution is 7.91. The van der Waals surface area contributed by atoms with Gasteiger partial charge in [0, 0.05) is 26.7 Å². The highest BCUT2D eigenvalue weighted by Crippen LogP contribution is 2.14. The minimum atomic E-state index is -3.48. The van der Waals surface area contributed by atoms with E-state index in [0.717, 1.165) is 0 Å². The molecule has 1 heterocycles. The summed E-state index contributed by atoms with van der Waals surface area (Å²) < 4.78 is 24.4. The van der Waals surface area contributed by atoms with Gasteiger partial charge in [-0.25, -0.2) is 13.2 Å². The second-order valence-corrected chi connectivity index (χ2v) is 6.76. The summed E-state index contributed by atoms with van der Waals surface area (Å²) in [5, 5.41) is 8.79. The zero-order valence-corrected chi connectivity index (χ0v) is 11.9. The average Bonchev–Trinajstić information content (AvgIpc) is 2.77. The number of hydrogen-bond acceptors (Lipinski definition) is 4. The van der Waals surface area contributed by atoms with E-state index >= 15 is 0 Å². The minimum absolute atomic E-state index is 0.122. The quantitative estimate of drug-likeness (QED) is 0.818. The van der Waals surface area contributed by atoms with Crippen molar-refractivity contribution in [2.75, 3.05) is 32.4 Å². The summed E-state index contributed by atoms with van der Waals surface area (Å²) in [6.45, 7) is 1.33. The van der Waals surface area contributed by atoms with Crippen LogP contribution in [0.1, 0.15) is 5.56 Å². The van der Waals surface area contributed by atoms with Gasteiger partial charge in [0.2, 0.25) is 0 Å². The standard InChI is InChI=1S/C13H15N3O3S/c1-15-5-6-16(13(15)17)7-8-20(18,19)12-4-2-3-11(9-12)10-14/h2-4,9H,5-8H2,1H3. The van der Waals surface area contributed by atoms with Crippen LogP contribution in [-0.4, -0.2) is 56.7 Å². The van der Waals surface area contributed by atoms with Crippen molar-refractivity contribution in [3.63, 3.8) is 0 Å². The van der Waals surface area contributed by atoms with Gasteiger partial charge in [-0.1, -0.05) is 6.07 Å². The molecule has 0 aliphatic carbocycles. The molecule has 0 radical (unpaired) electrons. The molecule has 6 nitrogen and oxygen atoms in total. The van der Waals surface area contributed by atoms with E-state index in [9.17, 15) is 13.2 Å². The number of hydrogen-bond donors (Lipinski definition) is 0. The lowest BCUT2D eigenvalue weighted by molar-refractivity contribution is 0.200. The molecule has 2 rings (SSSR count). The molecular weight excluding hydrogens is 278 g/mol. The molecule has 1 aliphatic heterocycles. The third-order valence-electron chi connectivity index (χ3n) is 3.25. The first-order valence-corrected chi connectivity index (χ1v) is 7.82. The maximum Gasteiger partial charge on any atom is 0.319 e. The number of amides is 2. The smallest absolute Gasteiger partial charge is 0.319 e. The van der Waals surface area contributed by atoms with E-state index in [1.165, 1.54) is 17.0 Å². The van der Waals surface area contributed by atoms with E-state index in [1.54, 1.807) is 24.1 Å². The fraction of sp³-hybridized carbons (Fsp3) is 0.385. The lowest BCUT2D eigenvalue weighted by Crippen LogP contribution is -2.33. The molecule has 0 atom stereocenters. The molecule has 1 aromatic carbocycles. The summed E-state index contributed by atoms with van der Waals surface area (Å²) in [6.07, 6.45) is 0. The number of carbonyl (C=O) groups is 1. The van der Waals surface area contributed by atoms with Crippen LogP contribution in [0.4, 0.5) is 4.79 Å². The van der Waals surface area contributed by atoms with Crippen LogP contribution >= 0.6 is 0 Å². The Morgan fingerprint density at radius 3 is 2.70 bits per heavy atom. The number of nitriles is 1. The Morgan fingerprint density at radius 1 is 1.35 bits per heavy atom. The number of benzene rings is 1. The topological polar surface area (TPSA) is 81.5 Å². The lowest BCUT2D eigenvalue weighted by Gasteiger charge is -2.15. The third kappa shape index (κ3) is 2.91. The second-order valence-electron chi connectivity index (χ2n) is 4.65. The van der Waals surface area contributed by atoms with Crippen molar-refractivity contribution >= 4 is 15.9 Å². The molecule has 1 aromatic rings. The van der Waals surface area contributed by atoms with Gasteiger partial charge in [0.25, 0.3) is 0 Å². The zero-order chi connectivity index (χ0) is 14.8. The van der Waals surface area contributed by atoms with E-state index in [0.29, 0.717) is 18.7 Å². The Balaban J connectivity index is 2.08. The molecule has 0 unspecified atom stereocenters. The van der Waals surface area contributed by atoms with E-state index in [-0.39, 0.29) is 23.2 Å². The fourth-order valence-electron chi connectivity index (χ4n) is 2.02. The summed E-state index contributed by atoms with van der Waals surface area (Å²) in [6, 6.07) is 7.68. The maximum absolute atomic E-state index is 12.2. The van der Waals surface area contributed by atoms with E-state index in [1.807, 2.05) is 6.07 Å². The van der Waals surface area contributed by atoms with Gasteiger partial charge < -0.3 is 9.80 Å². The van der Waals surface area contributed by atoms with Crippen LogP contribution in [0, 0.1) is 11.3 Å². The molecule has 2 amide bonds. The normalized spacial score (nSPS) is 15.5. The number of sulfone groups is 1. The van der Waals surface area contributed by atoms with E-state index in [4.69, 9.17) is 5.26 Å². The SMILES string of the molecule is CN1CCN(CCS(=O)(=O)c2cccc(C#N)c2)C1=O. The molecule has 1 fully saturated rings. The molecule has 20 heavy (non-hydrogen) atoms. The van der Waals surface area contributed by atoms with Crippen LogP contribution in [0.5, 0.6) is 0 Å². The molecule has 1 aliphatic rings. The van der Waals surface area contributed by atoms with Gasteiger partial charge in [0.1, 0.15) is 0 Å². The maximum atomic E-state index is 12.2. The Bertz CT molecular complexity index is 664. The van der Waals surface area contributed by atoms with Crippen molar-refractivity contribution in [3.05, 3.63) is 29.8 Å². The molecule has 106 valence electrons. The molecule has 7 heteroatoms. The molecule has 0 aromatic heterocycles. The van der Waals surface area contributed by atoms with Crippen LogP contribution in [0.2, 0.25) is 0 Å². The van der Waals surface area contributed by atoms with Crippen LogP contribution < -0.4 is 0 Å². The predicted molar refractivity (Wildman–Crippen MR) is 72.8 cm³/mol. The predicted octanol–water partition coefficient (Wildman–Crippen LogP) is 0.699. The molecular formula is C13H15N3O3S. The summed E-state index contributed by atoms with van der Waals surface area (Å²) >= 11 is 0. The molecule has 0 bridgehead atoms. The van der Waals surface area contributed by atoms with Gasteiger partial charge in [-0.05, 0) is 18.2 Å². The van der Waals surface area contributed by atoms with Crippen molar-refractivity contribution in [2.24, 2.45) is 0 Å². The van der Waals surface area contributed by atoms with Crippen LogP contribution in [0.3, 0.4) is 0 Å². The second kappa shape index (κ2) is 5.51. The number of urea groups is 1. The van der Waals surface area contributed by atoms with Crippen molar-refractivity contribution < 1.29 is 13.2 Å². The largest absolute Gasteiger partial charge is 0.326 e. The Morgan fingerprint density at radius 2 is 2.10 bits per heavy atom. The summed E-state index contributed by atoms with van der Waals surface area (Å²) in [7, 11) is -1.80. The van der Waals surface area contributed by atoms with Crippen LogP contribution in [0.15, 0.2) is 29.2 Å². The van der Waals surface area contributed by atoms with Crippen molar-refractivity contribution in [2.45, 2.75) is 4.90 Å². The number of likely N-dealkylation sites (N-methyl/N-ethyl adjacent to an activating group) is 1. The van der Waals surface area contributed by atoms with Gasteiger partial charge in [0.05, 0.1) is 22.3 Å². The van der Waals surface area contributed by atoms with E-state index in [2.05, 4.69) is 0 Å². The van der Waals surface area contributed by atoms with Crippen molar-refractivity contribution in [1.29, 1.82) is 5.26 Å². The van der Waals surface area contributed by atoms with Crippen molar-refractivity contribution in [1.82, 2.24) is 9.80 Å². The van der Waals surface area contributed by atoms with Gasteiger partial charge in [-0.15, -0.1) is 0 Å². The minimum Gasteiger partial charge on any atom is -0.326 e. The number of carbonyl (C=O) groups excluding carboxylic acids is 1. The zero-order valence-electron chi connectivity index (χ0n) is 11.1. The first-order chi connectivity index (χ1) is 9.44. The Labute approximate surface area is 118 Å². The molecule has 0 spiro atoms. The Kier molecular flexibility index (Phi) is 3.95. The number of nitrogens with zero attached hydrogens (tertiary/aromatic N) is 3. The lowest BCUT2D eigenvalue weighted by atomic mass is 10.2. The summed E-state index contributed by atoms with van der Waals surface area (Å²) in [4.78, 5) is 14.9. The van der Waals surface area contributed by atoms with Gasteiger partial charge in [-0.3, -0.25) is 0 Å². The highest BCUT2D eigenvalue weighted by Gasteiger charge is 2.26. The number of rotatable bonds is 4.